The number of phenolic OH excluding ortho intramolecular Hbond substituents is 1. The Hall–Kier alpha value is -2.47. The Labute approximate surface area is 152 Å². The van der Waals surface area contributed by atoms with Crippen molar-refractivity contribution in [2.75, 3.05) is 20.3 Å². The SMILES string of the molecule is COCCOC(=O)C1C(C)=NC2=C(C(=O)CCC2)[C@@H]1c1cccc(O)c1. The molecule has 6 heteroatoms. The summed E-state index contributed by atoms with van der Waals surface area (Å²) in [4.78, 5) is 30.0. The molecule has 1 N–H and O–H groups in total. The van der Waals surface area contributed by atoms with Crippen LogP contribution < -0.4 is 0 Å². The van der Waals surface area contributed by atoms with Crippen LogP contribution in [0.15, 0.2) is 40.5 Å². The maximum absolute atomic E-state index is 12.8. The molecule has 2 atom stereocenters. The van der Waals surface area contributed by atoms with Crippen molar-refractivity contribution in [2.24, 2.45) is 10.9 Å². The predicted molar refractivity (Wildman–Crippen MR) is 96.2 cm³/mol. The van der Waals surface area contributed by atoms with Gasteiger partial charge in [-0.05, 0) is 37.5 Å². The molecular formula is C20H23NO5. The van der Waals surface area contributed by atoms with Gasteiger partial charge in [0.1, 0.15) is 18.3 Å². The lowest BCUT2D eigenvalue weighted by atomic mass is 9.72. The van der Waals surface area contributed by atoms with Gasteiger partial charge in [0.25, 0.3) is 0 Å². The molecule has 0 aromatic heterocycles. The Morgan fingerprint density at radius 1 is 1.31 bits per heavy atom. The number of phenols is 1. The number of ketones is 1. The number of Topliss-reactive ketones (excluding diaryl/α,β-unsaturated/α-hetero) is 1. The van der Waals surface area contributed by atoms with Gasteiger partial charge in [-0.15, -0.1) is 0 Å². The molecule has 0 spiro atoms. The Balaban J connectivity index is 2.04. The first-order valence-electron chi connectivity index (χ1n) is 8.79. The summed E-state index contributed by atoms with van der Waals surface area (Å²) >= 11 is 0. The summed E-state index contributed by atoms with van der Waals surface area (Å²) < 4.78 is 10.3. The number of aliphatic imine (C=N–C) groups is 1. The minimum atomic E-state index is -0.686. The van der Waals surface area contributed by atoms with Crippen molar-refractivity contribution in [3.05, 3.63) is 41.1 Å². The number of carbonyl (C=O) groups is 2. The van der Waals surface area contributed by atoms with E-state index in [1.54, 1.807) is 25.1 Å². The molecule has 0 saturated heterocycles. The number of allylic oxidation sites excluding steroid dienone is 2. The lowest BCUT2D eigenvalue weighted by Gasteiger charge is -2.34. The molecule has 1 aliphatic carbocycles. The smallest absolute Gasteiger partial charge is 0.315 e. The molecule has 0 saturated carbocycles. The Morgan fingerprint density at radius 3 is 2.85 bits per heavy atom. The number of ether oxygens (including phenoxy) is 2. The zero-order valence-corrected chi connectivity index (χ0v) is 15.0. The van der Waals surface area contributed by atoms with Crippen molar-refractivity contribution < 1.29 is 24.2 Å². The molecule has 0 amide bonds. The average Bonchev–Trinajstić information content (AvgIpc) is 2.61. The molecule has 26 heavy (non-hydrogen) atoms. The van der Waals surface area contributed by atoms with Crippen LogP contribution >= 0.6 is 0 Å². The normalized spacial score (nSPS) is 22.7. The van der Waals surface area contributed by atoms with Crippen LogP contribution in [0.4, 0.5) is 0 Å². The molecule has 1 aliphatic heterocycles. The van der Waals surface area contributed by atoms with Crippen LogP contribution in [0, 0.1) is 5.92 Å². The highest BCUT2D eigenvalue weighted by Gasteiger charge is 2.43. The number of hydrogen-bond acceptors (Lipinski definition) is 6. The van der Waals surface area contributed by atoms with E-state index in [4.69, 9.17) is 9.47 Å². The first kappa shape index (κ1) is 18.3. The number of methoxy groups -OCH3 is 1. The standard InChI is InChI=1S/C20H23NO5/c1-12-17(20(24)26-10-9-25-2)18(13-5-3-6-14(22)11-13)19-15(21-12)7-4-8-16(19)23/h3,5-6,11,17-18,22H,4,7-10H2,1-2H3/t17?,18-/m1/s1. The van der Waals surface area contributed by atoms with E-state index in [1.165, 1.54) is 7.11 Å². The number of nitrogens with zero attached hydrogens (tertiary/aromatic N) is 1. The maximum Gasteiger partial charge on any atom is 0.315 e. The van der Waals surface area contributed by atoms with E-state index in [2.05, 4.69) is 4.99 Å². The number of hydrogen-bond donors (Lipinski definition) is 1. The Bertz CT molecular complexity index is 780. The van der Waals surface area contributed by atoms with Crippen LogP contribution in [0.2, 0.25) is 0 Å². The zero-order chi connectivity index (χ0) is 18.7. The minimum absolute atomic E-state index is 0.0190. The van der Waals surface area contributed by atoms with Gasteiger partial charge < -0.3 is 14.6 Å². The van der Waals surface area contributed by atoms with Gasteiger partial charge in [-0.25, -0.2) is 0 Å². The minimum Gasteiger partial charge on any atom is -0.508 e. The highest BCUT2D eigenvalue weighted by Crippen LogP contribution is 2.44. The maximum atomic E-state index is 12.8. The van der Waals surface area contributed by atoms with Crippen molar-refractivity contribution in [3.63, 3.8) is 0 Å². The van der Waals surface area contributed by atoms with Crippen LogP contribution in [0.3, 0.4) is 0 Å². The van der Waals surface area contributed by atoms with Gasteiger partial charge in [0.05, 0.1) is 6.61 Å². The summed E-state index contributed by atoms with van der Waals surface area (Å²) in [6, 6.07) is 6.71. The van der Waals surface area contributed by atoms with Crippen LogP contribution in [-0.2, 0) is 19.1 Å². The van der Waals surface area contributed by atoms with Gasteiger partial charge in [0.2, 0.25) is 0 Å². The largest absolute Gasteiger partial charge is 0.508 e. The van der Waals surface area contributed by atoms with E-state index in [1.807, 2.05) is 6.07 Å². The van der Waals surface area contributed by atoms with E-state index in [0.29, 0.717) is 24.3 Å². The molecule has 1 unspecified atom stereocenters. The predicted octanol–water partition coefficient (Wildman–Crippen LogP) is 2.76. The molecule has 1 aromatic rings. The van der Waals surface area contributed by atoms with Crippen LogP contribution in [0.5, 0.6) is 5.75 Å². The van der Waals surface area contributed by atoms with E-state index in [-0.39, 0.29) is 18.1 Å². The second kappa shape index (κ2) is 7.83. The van der Waals surface area contributed by atoms with Crippen LogP contribution in [0.25, 0.3) is 0 Å². The van der Waals surface area contributed by atoms with Gasteiger partial charge in [0, 0.05) is 36.4 Å². The molecule has 2 aliphatic rings. The third kappa shape index (κ3) is 3.55. The monoisotopic (exact) mass is 357 g/mol. The molecule has 0 radical (unpaired) electrons. The number of aromatic hydroxyl groups is 1. The zero-order valence-electron chi connectivity index (χ0n) is 15.0. The number of benzene rings is 1. The first-order valence-corrected chi connectivity index (χ1v) is 8.79. The Kier molecular flexibility index (Phi) is 5.52. The van der Waals surface area contributed by atoms with Crippen molar-refractivity contribution in [1.29, 1.82) is 0 Å². The molecular weight excluding hydrogens is 334 g/mol. The fourth-order valence-electron chi connectivity index (χ4n) is 3.71. The fourth-order valence-corrected chi connectivity index (χ4v) is 3.71. The molecule has 138 valence electrons. The second-order valence-electron chi connectivity index (χ2n) is 6.60. The lowest BCUT2D eigenvalue weighted by Crippen LogP contribution is -2.37. The third-order valence-corrected chi connectivity index (χ3v) is 4.85. The summed E-state index contributed by atoms with van der Waals surface area (Å²) in [6.07, 6.45) is 1.94. The van der Waals surface area contributed by atoms with Gasteiger partial charge in [-0.2, -0.15) is 0 Å². The average molecular weight is 357 g/mol. The van der Waals surface area contributed by atoms with Crippen molar-refractivity contribution in [2.45, 2.75) is 32.1 Å². The second-order valence-corrected chi connectivity index (χ2v) is 6.60. The number of carbonyl (C=O) groups excluding carboxylic acids is 2. The highest BCUT2D eigenvalue weighted by molar-refractivity contribution is 6.08. The number of rotatable bonds is 5. The van der Waals surface area contributed by atoms with Crippen LogP contribution in [0.1, 0.15) is 37.7 Å². The molecule has 6 nitrogen and oxygen atoms in total. The Morgan fingerprint density at radius 2 is 2.12 bits per heavy atom. The topological polar surface area (TPSA) is 85.2 Å². The summed E-state index contributed by atoms with van der Waals surface area (Å²) in [5.74, 6) is -1.49. The van der Waals surface area contributed by atoms with Crippen LogP contribution in [-0.4, -0.2) is 42.9 Å². The van der Waals surface area contributed by atoms with E-state index < -0.39 is 17.8 Å². The van der Waals surface area contributed by atoms with E-state index in [0.717, 1.165) is 24.1 Å². The third-order valence-electron chi connectivity index (χ3n) is 4.85. The quantitative estimate of drug-likeness (QED) is 0.647. The fraction of sp³-hybridized carbons (Fsp3) is 0.450. The molecule has 0 fully saturated rings. The van der Waals surface area contributed by atoms with E-state index in [9.17, 15) is 14.7 Å². The molecule has 1 aromatic carbocycles. The highest BCUT2D eigenvalue weighted by atomic mass is 16.6. The van der Waals surface area contributed by atoms with Gasteiger partial charge in [0.15, 0.2) is 5.78 Å². The van der Waals surface area contributed by atoms with Crippen molar-refractivity contribution in [3.8, 4) is 5.75 Å². The van der Waals surface area contributed by atoms with Gasteiger partial charge >= 0.3 is 5.97 Å². The van der Waals surface area contributed by atoms with Crippen molar-refractivity contribution in [1.82, 2.24) is 0 Å². The summed E-state index contributed by atoms with van der Waals surface area (Å²) in [5, 5.41) is 9.91. The lowest BCUT2D eigenvalue weighted by molar-refractivity contribution is -0.147. The van der Waals surface area contributed by atoms with Gasteiger partial charge in [-0.3, -0.25) is 14.6 Å². The number of esters is 1. The van der Waals surface area contributed by atoms with Crippen molar-refractivity contribution >= 4 is 17.5 Å². The molecule has 0 bridgehead atoms. The summed E-state index contributed by atoms with van der Waals surface area (Å²) in [7, 11) is 1.54. The summed E-state index contributed by atoms with van der Waals surface area (Å²) in [5.41, 5.74) is 2.69. The summed E-state index contributed by atoms with van der Waals surface area (Å²) in [6.45, 7) is 2.24. The molecule has 3 rings (SSSR count). The molecule has 1 heterocycles. The van der Waals surface area contributed by atoms with E-state index >= 15 is 0 Å². The van der Waals surface area contributed by atoms with Gasteiger partial charge in [-0.1, -0.05) is 12.1 Å². The first-order chi connectivity index (χ1) is 12.5.